The maximum absolute atomic E-state index is 13.1. The van der Waals surface area contributed by atoms with Crippen molar-refractivity contribution in [2.75, 3.05) is 19.8 Å². The highest BCUT2D eigenvalue weighted by Gasteiger charge is 2.44. The van der Waals surface area contributed by atoms with Crippen LogP contribution in [0.1, 0.15) is 35.1 Å². The van der Waals surface area contributed by atoms with Crippen molar-refractivity contribution in [1.82, 2.24) is 10.6 Å². The predicted octanol–water partition coefficient (Wildman–Crippen LogP) is 4.26. The van der Waals surface area contributed by atoms with Crippen LogP contribution in [0.25, 0.3) is 0 Å². The molecule has 6 atom stereocenters. The highest BCUT2D eigenvalue weighted by Crippen LogP contribution is 2.33. The number of para-hydroxylation sites is 1. The van der Waals surface area contributed by atoms with E-state index in [1.54, 1.807) is 0 Å². The smallest absolute Gasteiger partial charge is 0.407 e. The fourth-order valence-electron chi connectivity index (χ4n) is 6.00. The van der Waals surface area contributed by atoms with Crippen molar-refractivity contribution in [3.8, 4) is 5.75 Å². The number of aliphatic hydroxyl groups is 1. The Morgan fingerprint density at radius 1 is 0.886 bits per heavy atom. The van der Waals surface area contributed by atoms with Crippen LogP contribution in [0.5, 0.6) is 5.75 Å². The summed E-state index contributed by atoms with van der Waals surface area (Å²) in [5.41, 5.74) is 3.88. The topological polar surface area (TPSA) is 115 Å². The van der Waals surface area contributed by atoms with Gasteiger partial charge in [0.2, 0.25) is 0 Å². The fourth-order valence-corrected chi connectivity index (χ4v) is 6.00. The summed E-state index contributed by atoms with van der Waals surface area (Å²) >= 11 is 0. The van der Waals surface area contributed by atoms with E-state index >= 15 is 0 Å². The van der Waals surface area contributed by atoms with Crippen LogP contribution in [-0.2, 0) is 31.8 Å². The van der Waals surface area contributed by atoms with Gasteiger partial charge in [-0.3, -0.25) is 4.79 Å². The zero-order valence-corrected chi connectivity index (χ0v) is 25.3. The minimum absolute atomic E-state index is 0.00870. The van der Waals surface area contributed by atoms with Crippen molar-refractivity contribution in [1.29, 1.82) is 0 Å². The van der Waals surface area contributed by atoms with Crippen molar-refractivity contribution in [3.05, 3.63) is 101 Å². The van der Waals surface area contributed by atoms with E-state index in [-0.39, 0.29) is 37.7 Å². The molecule has 0 bridgehead atoms. The van der Waals surface area contributed by atoms with E-state index in [1.807, 2.05) is 92.7 Å². The first kappa shape index (κ1) is 31.5. The lowest BCUT2D eigenvalue weighted by atomic mass is 9.93. The monoisotopic (exact) mass is 602 g/mol. The van der Waals surface area contributed by atoms with Gasteiger partial charge in [-0.15, -0.1) is 0 Å². The van der Waals surface area contributed by atoms with Crippen LogP contribution >= 0.6 is 0 Å². The van der Waals surface area contributed by atoms with E-state index in [2.05, 4.69) is 10.6 Å². The lowest BCUT2D eigenvalue weighted by Crippen LogP contribution is -2.50. The van der Waals surface area contributed by atoms with Gasteiger partial charge in [0.25, 0.3) is 5.91 Å². The molecule has 2 fully saturated rings. The number of hydrogen-bond donors (Lipinski definition) is 3. The number of aryl methyl sites for hydroxylation is 2. The summed E-state index contributed by atoms with van der Waals surface area (Å²) in [4.78, 5) is 26.2. The number of aliphatic hydroxyl groups excluding tert-OH is 1. The molecule has 234 valence electrons. The second-order valence-electron chi connectivity index (χ2n) is 11.7. The number of fused-ring (bicyclic) bond motifs is 1. The number of carbonyl (C=O) groups excluding carboxylic acids is 2. The van der Waals surface area contributed by atoms with Crippen molar-refractivity contribution >= 4 is 12.0 Å². The maximum Gasteiger partial charge on any atom is 0.407 e. The number of alkyl carbamates (subject to hydrolysis) is 1. The van der Waals surface area contributed by atoms with E-state index < -0.39 is 30.4 Å². The van der Waals surface area contributed by atoms with Gasteiger partial charge < -0.3 is 34.7 Å². The van der Waals surface area contributed by atoms with Crippen molar-refractivity contribution in [3.63, 3.8) is 0 Å². The van der Waals surface area contributed by atoms with Crippen molar-refractivity contribution in [2.45, 2.75) is 70.1 Å². The number of nitrogens with one attached hydrogen (secondary N) is 2. The summed E-state index contributed by atoms with van der Waals surface area (Å²) in [7, 11) is 0. The second kappa shape index (κ2) is 15.2. The highest BCUT2D eigenvalue weighted by molar-refractivity contribution is 5.78. The standard InChI is InChI=1S/C35H42N2O7/c1-23-10-9-11-24(2)33(23)42-22-32(39)36-27(18-25-12-5-3-6-13-25)20-30(38)29(19-26-14-7-4-8-15-26)37-35(40)44-31-21-43-34-28(31)16-17-41-34/h3-15,27-31,34,38H,16-22H2,1-2H3,(H,36,39)(H,37,40)/t27-,28-,29-,30-,31-,34+/m0/s1. The van der Waals surface area contributed by atoms with Gasteiger partial charge in [0.05, 0.1) is 31.3 Å². The van der Waals surface area contributed by atoms with Gasteiger partial charge in [-0.2, -0.15) is 0 Å². The molecule has 2 aliphatic heterocycles. The maximum atomic E-state index is 13.1. The summed E-state index contributed by atoms with van der Waals surface area (Å²) in [6.45, 7) is 4.60. The molecule has 44 heavy (non-hydrogen) atoms. The molecular weight excluding hydrogens is 560 g/mol. The Hall–Kier alpha value is -3.92. The Bertz CT molecular complexity index is 1350. The summed E-state index contributed by atoms with van der Waals surface area (Å²) < 4.78 is 22.8. The van der Waals surface area contributed by atoms with Crippen molar-refractivity contribution < 1.29 is 33.6 Å². The zero-order valence-electron chi connectivity index (χ0n) is 25.3. The first-order valence-electron chi connectivity index (χ1n) is 15.3. The molecule has 2 heterocycles. The molecule has 5 rings (SSSR count). The Balaban J connectivity index is 1.26. The molecule has 0 aliphatic carbocycles. The van der Waals surface area contributed by atoms with E-state index in [9.17, 15) is 14.7 Å². The zero-order chi connectivity index (χ0) is 30.9. The van der Waals surface area contributed by atoms with Gasteiger partial charge in [-0.05, 0) is 61.8 Å². The number of rotatable bonds is 13. The predicted molar refractivity (Wildman–Crippen MR) is 165 cm³/mol. The summed E-state index contributed by atoms with van der Waals surface area (Å²) in [5.74, 6) is 0.410. The van der Waals surface area contributed by atoms with E-state index in [4.69, 9.17) is 18.9 Å². The molecule has 3 aromatic carbocycles. The largest absolute Gasteiger partial charge is 0.483 e. The van der Waals surface area contributed by atoms with Crippen LogP contribution in [0, 0.1) is 19.8 Å². The van der Waals surface area contributed by atoms with E-state index in [0.717, 1.165) is 28.7 Å². The van der Waals surface area contributed by atoms with Gasteiger partial charge in [0, 0.05) is 6.04 Å². The van der Waals surface area contributed by atoms with Crippen LogP contribution < -0.4 is 15.4 Å². The quantitative estimate of drug-likeness (QED) is 0.268. The molecule has 2 aliphatic rings. The SMILES string of the molecule is Cc1cccc(C)c1OCC(=O)N[C@@H](Cc1ccccc1)C[C@H](O)[C@H](Cc1ccccc1)NC(=O)O[C@H]1CO[C@H]2OCC[C@H]21. The summed E-state index contributed by atoms with van der Waals surface area (Å²) in [6, 6.07) is 24.2. The molecule has 0 aromatic heterocycles. The normalized spacial score (nSPS) is 21.1. The fraction of sp³-hybridized carbons (Fsp3) is 0.429. The van der Waals surface area contributed by atoms with Gasteiger partial charge in [-0.25, -0.2) is 4.79 Å². The Morgan fingerprint density at radius 2 is 1.55 bits per heavy atom. The molecular formula is C35H42N2O7. The lowest BCUT2D eigenvalue weighted by Gasteiger charge is -2.29. The molecule has 0 saturated carbocycles. The third-order valence-electron chi connectivity index (χ3n) is 8.28. The number of carbonyl (C=O) groups is 2. The molecule has 0 unspecified atom stereocenters. The molecule has 0 spiro atoms. The molecule has 3 aromatic rings. The number of amides is 2. The van der Waals surface area contributed by atoms with Gasteiger partial charge in [-0.1, -0.05) is 78.9 Å². The van der Waals surface area contributed by atoms with E-state index in [0.29, 0.717) is 25.2 Å². The van der Waals surface area contributed by atoms with Gasteiger partial charge in [0.15, 0.2) is 12.9 Å². The van der Waals surface area contributed by atoms with Crippen LogP contribution in [0.3, 0.4) is 0 Å². The highest BCUT2D eigenvalue weighted by atomic mass is 16.7. The molecule has 2 saturated heterocycles. The third-order valence-corrected chi connectivity index (χ3v) is 8.28. The number of benzene rings is 3. The average molecular weight is 603 g/mol. The Kier molecular flexibility index (Phi) is 10.9. The third kappa shape index (κ3) is 8.59. The number of hydrogen-bond acceptors (Lipinski definition) is 7. The van der Waals surface area contributed by atoms with Gasteiger partial charge >= 0.3 is 6.09 Å². The average Bonchev–Trinajstić information content (AvgIpc) is 3.63. The first-order chi connectivity index (χ1) is 21.4. The van der Waals surface area contributed by atoms with Gasteiger partial charge in [0.1, 0.15) is 11.9 Å². The summed E-state index contributed by atoms with van der Waals surface area (Å²) in [6.07, 6.45) is -0.485. The minimum Gasteiger partial charge on any atom is -0.483 e. The Labute approximate surface area is 258 Å². The molecule has 0 radical (unpaired) electrons. The first-order valence-corrected chi connectivity index (χ1v) is 15.3. The van der Waals surface area contributed by atoms with Crippen LogP contribution in [-0.4, -0.2) is 67.5 Å². The minimum atomic E-state index is -0.987. The Morgan fingerprint density at radius 3 is 2.23 bits per heavy atom. The number of ether oxygens (including phenoxy) is 4. The molecule has 2 amide bonds. The molecule has 3 N–H and O–H groups in total. The van der Waals surface area contributed by atoms with Crippen LogP contribution in [0.4, 0.5) is 4.79 Å². The summed E-state index contributed by atoms with van der Waals surface area (Å²) in [5, 5.41) is 17.5. The second-order valence-corrected chi connectivity index (χ2v) is 11.7. The van der Waals surface area contributed by atoms with Crippen LogP contribution in [0.15, 0.2) is 78.9 Å². The lowest BCUT2D eigenvalue weighted by molar-refractivity contribution is -0.124. The molecule has 9 heteroatoms. The van der Waals surface area contributed by atoms with Crippen LogP contribution in [0.2, 0.25) is 0 Å². The van der Waals surface area contributed by atoms with E-state index in [1.165, 1.54) is 0 Å². The molecule has 9 nitrogen and oxygen atoms in total. The van der Waals surface area contributed by atoms with Crippen molar-refractivity contribution in [2.24, 2.45) is 5.92 Å².